The number of hydrogen-bond donors (Lipinski definition) is 0. The van der Waals surface area contributed by atoms with E-state index in [-0.39, 0.29) is 36.0 Å². The van der Waals surface area contributed by atoms with E-state index in [1.807, 2.05) is 0 Å². The van der Waals surface area contributed by atoms with Gasteiger partial charge in [0, 0.05) is 34.8 Å². The number of rotatable bonds is 4. The van der Waals surface area contributed by atoms with Gasteiger partial charge in [-0.1, -0.05) is 11.6 Å². The summed E-state index contributed by atoms with van der Waals surface area (Å²) < 4.78 is 54.3. The highest BCUT2D eigenvalue weighted by molar-refractivity contribution is 14.1. The Morgan fingerprint density at radius 1 is 0.692 bits per heavy atom. The van der Waals surface area contributed by atoms with Crippen molar-refractivity contribution in [3.05, 3.63) is 57.1 Å². The molecule has 140 valence electrons. The van der Waals surface area contributed by atoms with E-state index < -0.39 is 20.0 Å². The van der Waals surface area contributed by atoms with Crippen LogP contribution in [0.1, 0.15) is 0 Å². The van der Waals surface area contributed by atoms with Gasteiger partial charge in [-0.15, -0.1) is 0 Å². The van der Waals surface area contributed by atoms with Gasteiger partial charge >= 0.3 is 0 Å². The van der Waals surface area contributed by atoms with Gasteiger partial charge in [-0.25, -0.2) is 16.8 Å². The van der Waals surface area contributed by atoms with Crippen LogP contribution in [0.5, 0.6) is 0 Å². The average Bonchev–Trinajstić information content (AvgIpc) is 2.62. The van der Waals surface area contributed by atoms with Crippen molar-refractivity contribution < 1.29 is 16.8 Å². The van der Waals surface area contributed by atoms with Crippen LogP contribution in [0.25, 0.3) is 0 Å². The van der Waals surface area contributed by atoms with E-state index in [1.54, 1.807) is 24.3 Å². The molecule has 0 radical (unpaired) electrons. The Morgan fingerprint density at radius 3 is 1.42 bits per heavy atom. The lowest BCUT2D eigenvalue weighted by atomic mass is 10.4. The van der Waals surface area contributed by atoms with Crippen molar-refractivity contribution in [2.45, 2.75) is 9.79 Å². The van der Waals surface area contributed by atoms with Crippen LogP contribution in [0.15, 0.2) is 58.3 Å². The molecule has 2 aromatic carbocycles. The van der Waals surface area contributed by atoms with E-state index in [0.717, 1.165) is 3.57 Å². The molecule has 0 bridgehead atoms. The van der Waals surface area contributed by atoms with Crippen LogP contribution in [0.3, 0.4) is 0 Å². The fourth-order valence-electron chi connectivity index (χ4n) is 2.66. The van der Waals surface area contributed by atoms with Gasteiger partial charge in [0.2, 0.25) is 20.0 Å². The van der Waals surface area contributed by atoms with Crippen molar-refractivity contribution in [1.29, 1.82) is 0 Å². The summed E-state index contributed by atoms with van der Waals surface area (Å²) in [6, 6.07) is 12.5. The predicted octanol–water partition coefficient (Wildman–Crippen LogP) is 2.64. The summed E-state index contributed by atoms with van der Waals surface area (Å²) >= 11 is 7.91. The quantitative estimate of drug-likeness (QED) is 0.574. The minimum atomic E-state index is -3.67. The lowest BCUT2D eigenvalue weighted by molar-refractivity contribution is 0.273. The molecule has 0 unspecified atom stereocenters. The summed E-state index contributed by atoms with van der Waals surface area (Å²) in [6.45, 7) is 0.436. The molecular weight excluding hydrogens is 511 g/mol. The minimum Gasteiger partial charge on any atom is -0.207 e. The summed E-state index contributed by atoms with van der Waals surface area (Å²) in [6.07, 6.45) is 0. The molecule has 3 rings (SSSR count). The fraction of sp³-hybridized carbons (Fsp3) is 0.250. The molecule has 0 saturated carbocycles. The van der Waals surface area contributed by atoms with Gasteiger partial charge < -0.3 is 0 Å². The Morgan fingerprint density at radius 2 is 1.04 bits per heavy atom. The van der Waals surface area contributed by atoms with Gasteiger partial charge in [0.25, 0.3) is 0 Å². The van der Waals surface area contributed by atoms with Crippen LogP contribution >= 0.6 is 34.2 Å². The maximum atomic E-state index is 12.7. The molecule has 26 heavy (non-hydrogen) atoms. The molecule has 0 amide bonds. The average molecular weight is 527 g/mol. The first-order chi connectivity index (χ1) is 12.2. The van der Waals surface area contributed by atoms with Gasteiger partial charge in [-0.05, 0) is 71.1 Å². The van der Waals surface area contributed by atoms with Crippen molar-refractivity contribution >= 4 is 54.2 Å². The molecule has 0 aromatic heterocycles. The Kier molecular flexibility index (Phi) is 5.95. The third kappa shape index (κ3) is 4.07. The Balaban J connectivity index is 1.74. The van der Waals surface area contributed by atoms with Crippen LogP contribution in [-0.2, 0) is 20.0 Å². The van der Waals surface area contributed by atoms with E-state index >= 15 is 0 Å². The topological polar surface area (TPSA) is 74.8 Å². The molecule has 1 heterocycles. The molecule has 6 nitrogen and oxygen atoms in total. The van der Waals surface area contributed by atoms with Crippen LogP contribution in [0, 0.1) is 3.57 Å². The Hall–Kier alpha value is -0.720. The lowest BCUT2D eigenvalue weighted by Crippen LogP contribution is -2.50. The van der Waals surface area contributed by atoms with Crippen LogP contribution in [0.4, 0.5) is 0 Å². The van der Waals surface area contributed by atoms with Crippen LogP contribution < -0.4 is 0 Å². The number of benzene rings is 2. The Labute approximate surface area is 172 Å². The van der Waals surface area contributed by atoms with E-state index in [9.17, 15) is 16.8 Å². The number of hydrogen-bond acceptors (Lipinski definition) is 4. The molecule has 0 N–H and O–H groups in total. The summed E-state index contributed by atoms with van der Waals surface area (Å²) in [4.78, 5) is 0.364. The highest BCUT2D eigenvalue weighted by Crippen LogP contribution is 2.23. The first-order valence-electron chi connectivity index (χ1n) is 7.73. The second-order valence-electron chi connectivity index (χ2n) is 5.72. The normalized spacial score (nSPS) is 17.3. The molecule has 0 aliphatic carbocycles. The van der Waals surface area contributed by atoms with E-state index in [2.05, 4.69) is 22.6 Å². The SMILES string of the molecule is O=S(=O)(c1ccc(Cl)cc1)N1CCN(S(=O)(=O)c2ccc(I)cc2)CC1. The zero-order chi connectivity index (χ0) is 18.9. The molecule has 1 fully saturated rings. The van der Waals surface area contributed by atoms with Crippen molar-refractivity contribution in [3.8, 4) is 0 Å². The van der Waals surface area contributed by atoms with Crippen molar-refractivity contribution in [3.63, 3.8) is 0 Å². The van der Waals surface area contributed by atoms with Crippen molar-refractivity contribution in [2.24, 2.45) is 0 Å². The maximum Gasteiger partial charge on any atom is 0.243 e. The zero-order valence-electron chi connectivity index (χ0n) is 13.5. The van der Waals surface area contributed by atoms with E-state index in [4.69, 9.17) is 11.6 Å². The number of sulfonamides is 2. The van der Waals surface area contributed by atoms with E-state index in [0.29, 0.717) is 5.02 Å². The predicted molar refractivity (Wildman–Crippen MR) is 108 cm³/mol. The molecule has 1 aliphatic rings. The van der Waals surface area contributed by atoms with Gasteiger partial charge in [-0.2, -0.15) is 8.61 Å². The van der Waals surface area contributed by atoms with Gasteiger partial charge in [-0.3, -0.25) is 0 Å². The van der Waals surface area contributed by atoms with Crippen molar-refractivity contribution in [2.75, 3.05) is 26.2 Å². The molecule has 0 spiro atoms. The zero-order valence-corrected chi connectivity index (χ0v) is 18.1. The molecule has 1 saturated heterocycles. The first-order valence-corrected chi connectivity index (χ1v) is 12.1. The minimum absolute atomic E-state index is 0.106. The monoisotopic (exact) mass is 526 g/mol. The summed E-state index contributed by atoms with van der Waals surface area (Å²) in [7, 11) is -7.29. The van der Waals surface area contributed by atoms with Crippen LogP contribution in [0.2, 0.25) is 5.02 Å². The maximum absolute atomic E-state index is 12.7. The van der Waals surface area contributed by atoms with Crippen LogP contribution in [-0.4, -0.2) is 51.6 Å². The highest BCUT2D eigenvalue weighted by atomic mass is 127. The van der Waals surface area contributed by atoms with Gasteiger partial charge in [0.1, 0.15) is 0 Å². The van der Waals surface area contributed by atoms with Crippen molar-refractivity contribution in [1.82, 2.24) is 8.61 Å². The van der Waals surface area contributed by atoms with E-state index in [1.165, 1.54) is 32.9 Å². The second kappa shape index (κ2) is 7.72. The molecular formula is C16H16ClIN2O4S2. The standard InChI is InChI=1S/C16H16ClIN2O4S2/c17-13-1-5-15(6-2-13)25(21,22)19-9-11-20(12-10-19)26(23,24)16-7-3-14(18)4-8-16/h1-8H,9-12H2. The largest absolute Gasteiger partial charge is 0.243 e. The number of nitrogens with zero attached hydrogens (tertiary/aromatic N) is 2. The molecule has 1 aliphatic heterocycles. The number of piperazine rings is 1. The second-order valence-corrected chi connectivity index (χ2v) is 11.3. The number of halogens is 2. The first kappa shape index (κ1) is 20.0. The summed E-state index contributed by atoms with van der Waals surface area (Å²) in [5.74, 6) is 0. The smallest absolute Gasteiger partial charge is 0.207 e. The highest BCUT2D eigenvalue weighted by Gasteiger charge is 2.33. The third-order valence-corrected chi connectivity index (χ3v) is 8.90. The van der Waals surface area contributed by atoms with Gasteiger partial charge in [0.15, 0.2) is 0 Å². The Bertz CT molecular complexity index is 902. The van der Waals surface area contributed by atoms with Gasteiger partial charge in [0.05, 0.1) is 9.79 Å². The summed E-state index contributed by atoms with van der Waals surface area (Å²) in [5.41, 5.74) is 0. The summed E-state index contributed by atoms with van der Waals surface area (Å²) in [5, 5.41) is 0.456. The third-order valence-electron chi connectivity index (χ3n) is 4.10. The fourth-order valence-corrected chi connectivity index (χ4v) is 5.99. The molecule has 10 heteroatoms. The lowest BCUT2D eigenvalue weighted by Gasteiger charge is -2.33. The molecule has 2 aromatic rings. The molecule has 0 atom stereocenters.